The van der Waals surface area contributed by atoms with Gasteiger partial charge in [-0.15, -0.1) is 11.3 Å². The summed E-state index contributed by atoms with van der Waals surface area (Å²) in [6.45, 7) is 9.22. The van der Waals surface area contributed by atoms with Crippen molar-refractivity contribution in [2.24, 2.45) is 4.99 Å². The lowest BCUT2D eigenvalue weighted by Crippen LogP contribution is -2.38. The minimum atomic E-state index is 0.598. The number of rotatable bonds is 6. The SMILES string of the molecule is CCNC(=NCc1ncc(C)s1)NCCn1c(C)nc2ccccc21. The molecule has 0 spiro atoms. The number of imidazole rings is 1. The highest BCUT2D eigenvalue weighted by Crippen LogP contribution is 2.15. The van der Waals surface area contributed by atoms with Crippen LogP contribution in [0.3, 0.4) is 0 Å². The van der Waals surface area contributed by atoms with Crippen LogP contribution >= 0.6 is 11.3 Å². The van der Waals surface area contributed by atoms with Gasteiger partial charge in [0.1, 0.15) is 10.8 Å². The second-order valence-electron chi connectivity index (χ2n) is 5.79. The van der Waals surface area contributed by atoms with Crippen LogP contribution in [0, 0.1) is 13.8 Å². The number of guanidine groups is 1. The highest BCUT2D eigenvalue weighted by Gasteiger charge is 2.06. The van der Waals surface area contributed by atoms with Gasteiger partial charge in [-0.05, 0) is 32.9 Å². The molecule has 2 aromatic heterocycles. The number of aromatic nitrogens is 3. The van der Waals surface area contributed by atoms with Crippen LogP contribution in [0.15, 0.2) is 35.5 Å². The molecule has 0 atom stereocenters. The van der Waals surface area contributed by atoms with Gasteiger partial charge in [0, 0.05) is 30.7 Å². The van der Waals surface area contributed by atoms with Crippen molar-refractivity contribution in [3.05, 3.63) is 46.2 Å². The van der Waals surface area contributed by atoms with Crippen LogP contribution in [0.2, 0.25) is 0 Å². The van der Waals surface area contributed by atoms with Gasteiger partial charge in [0.15, 0.2) is 5.96 Å². The summed E-state index contributed by atoms with van der Waals surface area (Å²) < 4.78 is 2.23. The number of para-hydroxylation sites is 2. The zero-order valence-corrected chi connectivity index (χ0v) is 15.7. The second-order valence-corrected chi connectivity index (χ2v) is 7.11. The normalized spacial score (nSPS) is 11.9. The first-order chi connectivity index (χ1) is 12.2. The fourth-order valence-corrected chi connectivity index (χ4v) is 3.44. The summed E-state index contributed by atoms with van der Waals surface area (Å²) in [5, 5.41) is 7.71. The van der Waals surface area contributed by atoms with E-state index < -0.39 is 0 Å². The lowest BCUT2D eigenvalue weighted by Gasteiger charge is -2.12. The lowest BCUT2D eigenvalue weighted by molar-refractivity contribution is 0.660. The Kier molecular flexibility index (Phi) is 5.65. The number of benzene rings is 1. The summed E-state index contributed by atoms with van der Waals surface area (Å²) in [5.74, 6) is 1.85. The molecule has 7 heteroatoms. The van der Waals surface area contributed by atoms with Crippen molar-refractivity contribution in [2.45, 2.75) is 33.9 Å². The molecule has 0 aliphatic rings. The van der Waals surface area contributed by atoms with Crippen LogP contribution in [0.1, 0.15) is 22.6 Å². The fourth-order valence-electron chi connectivity index (χ4n) is 2.73. The second kappa shape index (κ2) is 8.11. The summed E-state index contributed by atoms with van der Waals surface area (Å²) in [5.41, 5.74) is 2.21. The van der Waals surface area contributed by atoms with Gasteiger partial charge in [0.25, 0.3) is 0 Å². The summed E-state index contributed by atoms with van der Waals surface area (Å²) in [4.78, 5) is 14.8. The molecule has 0 unspecified atom stereocenters. The van der Waals surface area contributed by atoms with Gasteiger partial charge >= 0.3 is 0 Å². The Morgan fingerprint density at radius 2 is 2.08 bits per heavy atom. The Labute approximate surface area is 152 Å². The quantitative estimate of drug-likeness (QED) is 0.526. The van der Waals surface area contributed by atoms with Gasteiger partial charge in [-0.25, -0.2) is 15.0 Å². The maximum absolute atomic E-state index is 4.62. The van der Waals surface area contributed by atoms with E-state index in [1.54, 1.807) is 11.3 Å². The van der Waals surface area contributed by atoms with Gasteiger partial charge < -0.3 is 15.2 Å². The number of hydrogen-bond donors (Lipinski definition) is 2. The van der Waals surface area contributed by atoms with E-state index in [0.29, 0.717) is 6.54 Å². The van der Waals surface area contributed by atoms with Crippen LogP contribution in [0.5, 0.6) is 0 Å². The van der Waals surface area contributed by atoms with Crippen LogP contribution < -0.4 is 10.6 Å². The zero-order chi connectivity index (χ0) is 17.6. The van der Waals surface area contributed by atoms with E-state index >= 15 is 0 Å². The molecule has 0 aliphatic carbocycles. The van der Waals surface area contributed by atoms with E-state index in [0.717, 1.165) is 41.9 Å². The van der Waals surface area contributed by atoms with Crippen molar-refractivity contribution >= 4 is 28.3 Å². The summed E-state index contributed by atoms with van der Waals surface area (Å²) >= 11 is 1.69. The topological polar surface area (TPSA) is 67.1 Å². The van der Waals surface area contributed by atoms with Crippen molar-refractivity contribution < 1.29 is 0 Å². The number of nitrogens with one attached hydrogen (secondary N) is 2. The average molecular weight is 356 g/mol. The molecule has 2 N–H and O–H groups in total. The van der Waals surface area contributed by atoms with Crippen molar-refractivity contribution in [2.75, 3.05) is 13.1 Å². The highest BCUT2D eigenvalue weighted by atomic mass is 32.1. The van der Waals surface area contributed by atoms with Crippen molar-refractivity contribution in [1.29, 1.82) is 0 Å². The molecule has 1 aromatic carbocycles. The van der Waals surface area contributed by atoms with E-state index in [2.05, 4.69) is 56.1 Å². The maximum Gasteiger partial charge on any atom is 0.191 e. The summed E-state index contributed by atoms with van der Waals surface area (Å²) in [6.07, 6.45) is 1.89. The predicted molar refractivity (Wildman–Crippen MR) is 104 cm³/mol. The molecule has 6 nitrogen and oxygen atoms in total. The largest absolute Gasteiger partial charge is 0.357 e. The minimum Gasteiger partial charge on any atom is -0.357 e. The first kappa shape index (κ1) is 17.4. The molecule has 3 aromatic rings. The summed E-state index contributed by atoms with van der Waals surface area (Å²) in [7, 11) is 0. The highest BCUT2D eigenvalue weighted by molar-refractivity contribution is 7.11. The van der Waals surface area contributed by atoms with Crippen LogP contribution in [0.25, 0.3) is 11.0 Å². The zero-order valence-electron chi connectivity index (χ0n) is 14.9. The first-order valence-corrected chi connectivity index (χ1v) is 9.34. The minimum absolute atomic E-state index is 0.598. The van der Waals surface area contributed by atoms with E-state index in [1.807, 2.05) is 25.3 Å². The molecular weight excluding hydrogens is 332 g/mol. The molecule has 0 saturated carbocycles. The van der Waals surface area contributed by atoms with Crippen LogP contribution in [-0.4, -0.2) is 33.6 Å². The lowest BCUT2D eigenvalue weighted by atomic mass is 10.3. The molecule has 0 aliphatic heterocycles. The number of aliphatic imine (C=N–C) groups is 1. The Balaban J connectivity index is 1.62. The molecule has 2 heterocycles. The number of nitrogens with zero attached hydrogens (tertiary/aromatic N) is 4. The van der Waals surface area contributed by atoms with Gasteiger partial charge in [0.2, 0.25) is 0 Å². The molecule has 132 valence electrons. The Bertz CT molecular complexity index is 863. The monoisotopic (exact) mass is 356 g/mol. The average Bonchev–Trinajstić information content (AvgIpc) is 3.16. The Morgan fingerprint density at radius 1 is 1.24 bits per heavy atom. The predicted octanol–water partition coefficient (Wildman–Crippen LogP) is 2.86. The number of fused-ring (bicyclic) bond motifs is 1. The van der Waals surface area contributed by atoms with E-state index in [1.165, 1.54) is 10.4 Å². The summed E-state index contributed by atoms with van der Waals surface area (Å²) in [6, 6.07) is 8.23. The number of aryl methyl sites for hydroxylation is 2. The third-order valence-electron chi connectivity index (χ3n) is 3.86. The van der Waals surface area contributed by atoms with Gasteiger partial charge in [-0.1, -0.05) is 12.1 Å². The van der Waals surface area contributed by atoms with Crippen LogP contribution in [-0.2, 0) is 13.1 Å². The third-order valence-corrected chi connectivity index (χ3v) is 4.76. The molecule has 25 heavy (non-hydrogen) atoms. The smallest absolute Gasteiger partial charge is 0.191 e. The van der Waals surface area contributed by atoms with E-state index in [9.17, 15) is 0 Å². The molecule has 0 bridgehead atoms. The maximum atomic E-state index is 4.62. The number of hydrogen-bond acceptors (Lipinski definition) is 4. The van der Waals surface area contributed by atoms with Crippen molar-refractivity contribution in [3.8, 4) is 0 Å². The Morgan fingerprint density at radius 3 is 2.84 bits per heavy atom. The standard InChI is InChI=1S/C18H24N6S/c1-4-19-18(22-12-17-21-11-13(2)25-17)20-9-10-24-14(3)23-15-7-5-6-8-16(15)24/h5-8,11H,4,9-10,12H2,1-3H3,(H2,19,20,22). The van der Waals surface area contributed by atoms with E-state index in [-0.39, 0.29) is 0 Å². The van der Waals surface area contributed by atoms with Crippen molar-refractivity contribution in [3.63, 3.8) is 0 Å². The van der Waals surface area contributed by atoms with Crippen molar-refractivity contribution in [1.82, 2.24) is 25.2 Å². The third kappa shape index (κ3) is 4.36. The molecule has 0 radical (unpaired) electrons. The first-order valence-electron chi connectivity index (χ1n) is 8.52. The van der Waals surface area contributed by atoms with Crippen LogP contribution in [0.4, 0.5) is 0 Å². The number of thiazole rings is 1. The van der Waals surface area contributed by atoms with E-state index in [4.69, 9.17) is 0 Å². The van der Waals surface area contributed by atoms with Gasteiger partial charge in [-0.3, -0.25) is 0 Å². The molecule has 0 saturated heterocycles. The molecule has 3 rings (SSSR count). The Hall–Kier alpha value is -2.41. The molecular formula is C18H24N6S. The van der Waals surface area contributed by atoms with Gasteiger partial charge in [0.05, 0.1) is 17.6 Å². The van der Waals surface area contributed by atoms with Gasteiger partial charge in [-0.2, -0.15) is 0 Å². The molecule has 0 amide bonds. The molecule has 0 fully saturated rings. The fraction of sp³-hybridized carbons (Fsp3) is 0.389.